The quantitative estimate of drug-likeness (QED) is 0.225. The number of hydrogen-bond acceptors (Lipinski definition) is 11. The maximum absolute atomic E-state index is 14.1. The Morgan fingerprint density at radius 3 is 2.32 bits per heavy atom. The van der Waals surface area contributed by atoms with E-state index in [4.69, 9.17) is 10.5 Å². The molecule has 2 fully saturated rings. The van der Waals surface area contributed by atoms with Crippen LogP contribution in [-0.2, 0) is 32.1 Å². The number of aliphatic hydroxyl groups is 3. The zero-order valence-electron chi connectivity index (χ0n) is 26.7. The maximum Gasteiger partial charge on any atom is 0.308 e. The Bertz CT molecular complexity index is 1660. The number of rotatable bonds is 6. The maximum atomic E-state index is 14.1. The molecule has 6 N–H and O–H groups in total. The predicted octanol–water partition coefficient (Wildman–Crippen LogP) is 1.34. The summed E-state index contributed by atoms with van der Waals surface area (Å²) in [6.07, 6.45) is 0.241. The molecule has 250 valence electrons. The van der Waals surface area contributed by atoms with Crippen LogP contribution in [0.5, 0.6) is 5.75 Å². The van der Waals surface area contributed by atoms with Crippen LogP contribution in [0.1, 0.15) is 40.7 Å². The topological polar surface area (TPSA) is 191 Å². The number of esters is 1. The van der Waals surface area contributed by atoms with Crippen LogP contribution in [0.25, 0.3) is 11.1 Å². The second-order valence-corrected chi connectivity index (χ2v) is 13.5. The first kappa shape index (κ1) is 32.8. The van der Waals surface area contributed by atoms with E-state index in [0.29, 0.717) is 12.1 Å². The third-order valence-electron chi connectivity index (χ3n) is 10.8. The first-order chi connectivity index (χ1) is 22.3. The number of ketones is 2. The third kappa shape index (κ3) is 5.23. The lowest BCUT2D eigenvalue weighted by molar-refractivity contribution is -0.178. The minimum atomic E-state index is -2.62. The summed E-state index contributed by atoms with van der Waals surface area (Å²) in [6.45, 7) is 2.29. The van der Waals surface area contributed by atoms with Crippen LogP contribution >= 0.6 is 0 Å². The van der Waals surface area contributed by atoms with E-state index < -0.39 is 58.7 Å². The van der Waals surface area contributed by atoms with Crippen molar-refractivity contribution in [2.24, 2.45) is 29.4 Å². The number of carbonyl (C=O) groups is 4. The van der Waals surface area contributed by atoms with Crippen molar-refractivity contribution in [3.05, 3.63) is 64.4 Å². The van der Waals surface area contributed by atoms with Crippen LogP contribution in [0.4, 0.5) is 0 Å². The zero-order chi connectivity index (χ0) is 33.9. The van der Waals surface area contributed by atoms with Gasteiger partial charge in [-0.3, -0.25) is 24.1 Å². The van der Waals surface area contributed by atoms with Crippen LogP contribution in [0, 0.1) is 23.7 Å². The fourth-order valence-corrected chi connectivity index (χ4v) is 8.42. The molecular weight excluding hydrogens is 606 g/mol. The molecule has 12 heteroatoms. The number of hydrogen-bond donors (Lipinski definition) is 5. The number of ether oxygens (including phenoxy) is 1. The summed E-state index contributed by atoms with van der Waals surface area (Å²) < 4.78 is 4.89. The SMILES string of the molecule is COC(=O)C1CCN(Cc2ccc(-c3ccc(O)c4c3C[C@H]3C[C@H]5[C@H](N(C)C)C(O)C(C(N)=O)C(=O)[C@@]5(O)C(O)=C3C4=O)cc2)CC1. The Kier molecular flexibility index (Phi) is 8.50. The van der Waals surface area contributed by atoms with Gasteiger partial charge < -0.3 is 35.8 Å². The molecule has 6 atom stereocenters. The van der Waals surface area contributed by atoms with Crippen LogP contribution < -0.4 is 5.73 Å². The molecule has 2 aromatic carbocycles. The fraction of sp³-hybridized carbons (Fsp3) is 0.486. The van der Waals surface area contributed by atoms with Gasteiger partial charge in [0.15, 0.2) is 17.2 Å². The second-order valence-electron chi connectivity index (χ2n) is 13.5. The number of nitrogens with two attached hydrogens (primary N) is 1. The molecule has 4 aliphatic rings. The number of aliphatic hydroxyl groups excluding tert-OH is 2. The highest BCUT2D eigenvalue weighted by Crippen LogP contribution is 2.53. The van der Waals surface area contributed by atoms with E-state index in [1.807, 2.05) is 24.3 Å². The molecule has 3 aliphatic carbocycles. The molecule has 6 rings (SSSR count). The second kappa shape index (κ2) is 12.2. The first-order valence-corrected chi connectivity index (χ1v) is 15.9. The summed E-state index contributed by atoms with van der Waals surface area (Å²) in [4.78, 5) is 55.6. The molecule has 12 nitrogen and oxygen atoms in total. The first-order valence-electron chi connectivity index (χ1n) is 15.9. The molecule has 1 amide bonds. The summed E-state index contributed by atoms with van der Waals surface area (Å²) in [5, 5.41) is 45.4. The van der Waals surface area contributed by atoms with Gasteiger partial charge in [-0.05, 0) is 87.1 Å². The number of Topliss-reactive ketones (excluding diaryl/α,β-unsaturated/α-hetero) is 2. The van der Waals surface area contributed by atoms with Gasteiger partial charge in [0.1, 0.15) is 17.4 Å². The van der Waals surface area contributed by atoms with Crippen LogP contribution in [-0.4, -0.2) is 106 Å². The lowest BCUT2D eigenvalue weighted by Gasteiger charge is -2.53. The predicted molar refractivity (Wildman–Crippen MR) is 169 cm³/mol. The van der Waals surface area contributed by atoms with E-state index in [9.17, 15) is 39.6 Å². The van der Waals surface area contributed by atoms with Crippen molar-refractivity contribution in [1.82, 2.24) is 9.80 Å². The van der Waals surface area contributed by atoms with Gasteiger partial charge in [0, 0.05) is 24.1 Å². The molecule has 1 heterocycles. The van der Waals surface area contributed by atoms with Gasteiger partial charge in [0.25, 0.3) is 0 Å². The minimum absolute atomic E-state index is 0.0150. The summed E-state index contributed by atoms with van der Waals surface area (Å²) in [6, 6.07) is 10.2. The van der Waals surface area contributed by atoms with E-state index in [-0.39, 0.29) is 41.6 Å². The van der Waals surface area contributed by atoms with E-state index in [2.05, 4.69) is 4.90 Å². The molecule has 0 bridgehead atoms. The lowest BCUT2D eigenvalue weighted by atomic mass is 9.55. The minimum Gasteiger partial charge on any atom is -0.508 e. The number of primary amides is 1. The summed E-state index contributed by atoms with van der Waals surface area (Å²) in [5.41, 5.74) is 5.87. The van der Waals surface area contributed by atoms with Gasteiger partial charge >= 0.3 is 5.97 Å². The fourth-order valence-electron chi connectivity index (χ4n) is 8.42. The zero-order valence-corrected chi connectivity index (χ0v) is 26.7. The van der Waals surface area contributed by atoms with Crippen molar-refractivity contribution < 1.29 is 44.3 Å². The normalized spacial score (nSPS) is 29.7. The number of benzene rings is 2. The average molecular weight is 648 g/mol. The Morgan fingerprint density at radius 2 is 1.72 bits per heavy atom. The van der Waals surface area contributed by atoms with Gasteiger partial charge in [0.2, 0.25) is 5.91 Å². The number of amides is 1. The number of likely N-dealkylation sites (tertiary alicyclic amines) is 1. The third-order valence-corrected chi connectivity index (χ3v) is 10.8. The van der Waals surface area contributed by atoms with Crippen molar-refractivity contribution in [2.75, 3.05) is 34.3 Å². The summed E-state index contributed by atoms with van der Waals surface area (Å²) in [5.74, 6) is -7.84. The van der Waals surface area contributed by atoms with E-state index in [1.165, 1.54) is 13.2 Å². The number of aromatic hydroxyl groups is 1. The van der Waals surface area contributed by atoms with Crippen LogP contribution in [0.3, 0.4) is 0 Å². The molecule has 47 heavy (non-hydrogen) atoms. The molecule has 2 unspecified atom stereocenters. The van der Waals surface area contributed by atoms with Crippen molar-refractivity contribution >= 4 is 23.4 Å². The van der Waals surface area contributed by atoms with E-state index in [0.717, 1.165) is 42.6 Å². The van der Waals surface area contributed by atoms with Crippen LogP contribution in [0.15, 0.2) is 47.7 Å². The van der Waals surface area contributed by atoms with Gasteiger partial charge in [-0.25, -0.2) is 0 Å². The standard InChI is InChI=1S/C35H41N3O9/c1-37(2)28-23-15-20-14-22-21(18-6-4-17(5-7-18)16-38-12-10-19(11-13-38)34(45)47-3)8-9-24(39)26(22)29(40)25(20)31(42)35(23,46)32(43)27(30(28)41)33(36)44/h4-9,19-20,23,27-28,30,39,41-42,46H,10-16H2,1-3H3,(H2,36,44)/t20-,23-,27?,28-,30?,35-/m0/s1. The number of allylic oxidation sites excluding steroid dienone is 1. The smallest absolute Gasteiger partial charge is 0.308 e. The van der Waals surface area contributed by atoms with Gasteiger partial charge in [0.05, 0.1) is 24.7 Å². The Morgan fingerprint density at radius 1 is 1.06 bits per heavy atom. The Balaban J connectivity index is 1.32. The molecule has 1 saturated heterocycles. The van der Waals surface area contributed by atoms with Crippen molar-refractivity contribution in [3.8, 4) is 16.9 Å². The molecule has 0 radical (unpaired) electrons. The van der Waals surface area contributed by atoms with Gasteiger partial charge in [-0.15, -0.1) is 0 Å². The summed E-state index contributed by atoms with van der Waals surface area (Å²) >= 11 is 0. The number of likely N-dealkylation sites (N-methyl/N-ethyl adjacent to an activating group) is 1. The molecule has 1 saturated carbocycles. The summed E-state index contributed by atoms with van der Waals surface area (Å²) in [7, 11) is 4.67. The number of phenolic OH excluding ortho intramolecular Hbond substituents is 1. The molecule has 2 aromatic rings. The molecule has 0 aromatic heterocycles. The van der Waals surface area contributed by atoms with E-state index >= 15 is 0 Å². The number of nitrogens with zero attached hydrogens (tertiary/aromatic N) is 2. The Hall–Kier alpha value is -4.10. The monoisotopic (exact) mass is 647 g/mol. The molecule has 0 spiro atoms. The number of fused-ring (bicyclic) bond motifs is 3. The van der Waals surface area contributed by atoms with Crippen molar-refractivity contribution in [2.45, 2.75) is 50.0 Å². The van der Waals surface area contributed by atoms with Gasteiger partial charge in [-0.1, -0.05) is 30.3 Å². The lowest BCUT2D eigenvalue weighted by Crippen LogP contribution is -2.71. The van der Waals surface area contributed by atoms with E-state index in [1.54, 1.807) is 25.1 Å². The van der Waals surface area contributed by atoms with Crippen LogP contribution in [0.2, 0.25) is 0 Å². The Labute approximate surface area is 272 Å². The van der Waals surface area contributed by atoms with Crippen molar-refractivity contribution in [1.29, 1.82) is 0 Å². The highest BCUT2D eigenvalue weighted by molar-refractivity contribution is 6.16. The number of piperidine rings is 1. The molecule has 1 aliphatic heterocycles. The highest BCUT2D eigenvalue weighted by atomic mass is 16.5. The number of methoxy groups -OCH3 is 1. The van der Waals surface area contributed by atoms with Gasteiger partial charge in [-0.2, -0.15) is 0 Å². The van der Waals surface area contributed by atoms with Crippen molar-refractivity contribution in [3.63, 3.8) is 0 Å². The highest BCUT2D eigenvalue weighted by Gasteiger charge is 2.66. The number of carbonyl (C=O) groups excluding carboxylic acids is 4. The largest absolute Gasteiger partial charge is 0.508 e. The average Bonchev–Trinajstić information content (AvgIpc) is 3.03. The molecular formula is C35H41N3O9. The number of phenols is 1.